The van der Waals surface area contributed by atoms with E-state index in [0.29, 0.717) is 37.5 Å². The number of rotatable bonds is 3. The van der Waals surface area contributed by atoms with Gasteiger partial charge in [-0.25, -0.2) is 18.7 Å². The van der Waals surface area contributed by atoms with Gasteiger partial charge in [-0.15, -0.1) is 0 Å². The Morgan fingerprint density at radius 2 is 1.93 bits per heavy atom. The van der Waals surface area contributed by atoms with Crippen LogP contribution in [0.25, 0.3) is 11.3 Å². The van der Waals surface area contributed by atoms with E-state index in [1.165, 1.54) is 6.07 Å². The molecule has 0 bridgehead atoms. The zero-order valence-electron chi connectivity index (χ0n) is 16.2. The molecule has 1 aromatic carbocycles. The van der Waals surface area contributed by atoms with Gasteiger partial charge in [0, 0.05) is 37.3 Å². The lowest BCUT2D eigenvalue weighted by Gasteiger charge is -2.32. The molecule has 0 unspecified atom stereocenters. The van der Waals surface area contributed by atoms with Crippen molar-refractivity contribution in [3.63, 3.8) is 0 Å². The third-order valence-corrected chi connectivity index (χ3v) is 5.16. The van der Waals surface area contributed by atoms with Crippen LogP contribution in [-0.4, -0.2) is 39.0 Å². The summed E-state index contributed by atoms with van der Waals surface area (Å²) in [5.41, 5.74) is 2.33. The van der Waals surface area contributed by atoms with Crippen molar-refractivity contribution in [1.29, 1.82) is 0 Å². The number of nitrogens with zero attached hydrogens (tertiary/aromatic N) is 4. The minimum absolute atomic E-state index is 0.110. The Hall–Kier alpha value is -3.16. The minimum Gasteiger partial charge on any atom is -0.356 e. The molecule has 3 heterocycles. The number of piperidine rings is 1. The van der Waals surface area contributed by atoms with E-state index < -0.39 is 17.5 Å². The molecule has 8 heteroatoms. The van der Waals surface area contributed by atoms with E-state index in [0.717, 1.165) is 29.1 Å². The first-order chi connectivity index (χ1) is 13.9. The van der Waals surface area contributed by atoms with Crippen LogP contribution in [0, 0.1) is 25.5 Å². The summed E-state index contributed by atoms with van der Waals surface area (Å²) >= 11 is 0. The number of hydrogen-bond acceptors (Lipinski definition) is 5. The second-order valence-electron chi connectivity index (χ2n) is 7.24. The van der Waals surface area contributed by atoms with Crippen LogP contribution in [0.2, 0.25) is 0 Å². The number of aryl methyl sites for hydroxylation is 2. The molecule has 3 aromatic rings. The van der Waals surface area contributed by atoms with Gasteiger partial charge in [0.25, 0.3) is 5.91 Å². The Kier molecular flexibility index (Phi) is 5.08. The first kappa shape index (κ1) is 19.2. The highest BCUT2D eigenvalue weighted by Crippen LogP contribution is 2.34. The first-order valence-corrected chi connectivity index (χ1v) is 9.44. The lowest BCUT2D eigenvalue weighted by atomic mass is 9.90. The Morgan fingerprint density at radius 3 is 2.59 bits per heavy atom. The van der Waals surface area contributed by atoms with Gasteiger partial charge < -0.3 is 9.42 Å². The smallest absolute Gasteiger partial charge is 0.256 e. The molecular formula is C21H20F2N4O2. The van der Waals surface area contributed by atoms with Gasteiger partial charge in [0.1, 0.15) is 17.5 Å². The first-order valence-electron chi connectivity index (χ1n) is 9.44. The van der Waals surface area contributed by atoms with Gasteiger partial charge in [-0.2, -0.15) is 0 Å². The molecule has 1 amide bonds. The van der Waals surface area contributed by atoms with Crippen LogP contribution in [0.15, 0.2) is 35.0 Å². The molecule has 0 N–H and O–H groups in total. The fourth-order valence-corrected chi connectivity index (χ4v) is 3.67. The van der Waals surface area contributed by atoms with Gasteiger partial charge >= 0.3 is 0 Å². The van der Waals surface area contributed by atoms with E-state index in [9.17, 15) is 13.6 Å². The third-order valence-electron chi connectivity index (χ3n) is 5.16. The molecule has 2 aromatic heterocycles. The van der Waals surface area contributed by atoms with Crippen molar-refractivity contribution in [2.24, 2.45) is 0 Å². The maximum atomic E-state index is 14.0. The maximum Gasteiger partial charge on any atom is 0.256 e. The summed E-state index contributed by atoms with van der Waals surface area (Å²) in [5.74, 6) is -0.583. The number of aromatic nitrogens is 3. The molecule has 150 valence electrons. The Balaban J connectivity index is 1.53. The molecular weight excluding hydrogens is 378 g/mol. The van der Waals surface area contributed by atoms with E-state index in [1.54, 1.807) is 11.1 Å². The van der Waals surface area contributed by atoms with Crippen LogP contribution in [0.3, 0.4) is 0 Å². The molecule has 0 atom stereocenters. The molecule has 6 nitrogen and oxygen atoms in total. The zero-order valence-corrected chi connectivity index (χ0v) is 16.2. The topological polar surface area (TPSA) is 72.1 Å². The van der Waals surface area contributed by atoms with Gasteiger partial charge in [0.2, 0.25) is 0 Å². The van der Waals surface area contributed by atoms with Crippen molar-refractivity contribution in [2.75, 3.05) is 13.1 Å². The van der Waals surface area contributed by atoms with Crippen LogP contribution in [-0.2, 0) is 0 Å². The van der Waals surface area contributed by atoms with Crippen LogP contribution < -0.4 is 0 Å². The molecule has 1 saturated heterocycles. The van der Waals surface area contributed by atoms with Crippen molar-refractivity contribution in [2.45, 2.75) is 32.6 Å². The van der Waals surface area contributed by atoms with Crippen LogP contribution in [0.1, 0.15) is 46.3 Å². The van der Waals surface area contributed by atoms with Crippen molar-refractivity contribution >= 4 is 5.91 Å². The third kappa shape index (κ3) is 3.87. The Bertz CT molecular complexity index is 1060. The summed E-state index contributed by atoms with van der Waals surface area (Å²) in [5, 5.41) is 3.94. The summed E-state index contributed by atoms with van der Waals surface area (Å²) in [6, 6.07) is 4.86. The summed E-state index contributed by atoms with van der Waals surface area (Å²) in [6.45, 7) is 4.59. The fraction of sp³-hybridized carbons (Fsp3) is 0.333. The van der Waals surface area contributed by atoms with E-state index in [1.807, 2.05) is 19.9 Å². The van der Waals surface area contributed by atoms with Crippen LogP contribution in [0.4, 0.5) is 8.78 Å². The van der Waals surface area contributed by atoms with Gasteiger partial charge in [0.05, 0.1) is 22.5 Å². The highest BCUT2D eigenvalue weighted by molar-refractivity contribution is 5.94. The second-order valence-corrected chi connectivity index (χ2v) is 7.24. The van der Waals surface area contributed by atoms with Crippen molar-refractivity contribution in [1.82, 2.24) is 20.0 Å². The predicted molar refractivity (Wildman–Crippen MR) is 101 cm³/mol. The largest absolute Gasteiger partial charge is 0.356 e. The monoisotopic (exact) mass is 398 g/mol. The summed E-state index contributed by atoms with van der Waals surface area (Å²) < 4.78 is 32.5. The molecule has 29 heavy (non-hydrogen) atoms. The fourth-order valence-electron chi connectivity index (χ4n) is 3.67. The maximum absolute atomic E-state index is 14.0. The van der Waals surface area contributed by atoms with Crippen LogP contribution in [0.5, 0.6) is 0 Å². The highest BCUT2D eigenvalue weighted by atomic mass is 19.1. The zero-order chi connectivity index (χ0) is 20.5. The SMILES string of the molecule is Cc1cc(-c2cnc(C)nc2C2CCN(C(=O)c3ccc(F)cc3F)CC2)on1. The molecule has 0 saturated carbocycles. The standard InChI is InChI=1S/C21H20F2N4O2/c1-12-9-19(29-26-12)17-11-24-13(2)25-20(17)14-5-7-27(8-6-14)21(28)16-4-3-15(22)10-18(16)23/h3-4,9-11,14H,5-8H2,1-2H3. The molecule has 0 radical (unpaired) electrons. The van der Waals surface area contributed by atoms with Crippen LogP contribution >= 0.6 is 0 Å². The van der Waals surface area contributed by atoms with E-state index in [4.69, 9.17) is 4.52 Å². The molecule has 1 fully saturated rings. The van der Waals surface area contributed by atoms with E-state index in [-0.39, 0.29) is 11.5 Å². The lowest BCUT2D eigenvalue weighted by Crippen LogP contribution is -2.38. The number of carbonyl (C=O) groups is 1. The van der Waals surface area contributed by atoms with Crippen molar-refractivity contribution in [3.8, 4) is 11.3 Å². The van der Waals surface area contributed by atoms with Gasteiger partial charge in [-0.05, 0) is 38.8 Å². The van der Waals surface area contributed by atoms with Gasteiger partial charge in [0.15, 0.2) is 5.76 Å². The number of likely N-dealkylation sites (tertiary alicyclic amines) is 1. The predicted octanol–water partition coefficient (Wildman–Crippen LogP) is 4.05. The number of carbonyl (C=O) groups excluding carboxylic acids is 1. The highest BCUT2D eigenvalue weighted by Gasteiger charge is 2.29. The van der Waals surface area contributed by atoms with Gasteiger partial charge in [-0.1, -0.05) is 5.16 Å². The Labute approximate surface area is 166 Å². The molecule has 0 spiro atoms. The van der Waals surface area contributed by atoms with E-state index >= 15 is 0 Å². The molecule has 1 aliphatic rings. The number of benzene rings is 1. The molecule has 0 aliphatic carbocycles. The number of hydrogen-bond donors (Lipinski definition) is 0. The van der Waals surface area contributed by atoms with Crippen molar-refractivity contribution in [3.05, 3.63) is 64.9 Å². The summed E-state index contributed by atoms with van der Waals surface area (Å²) in [6.07, 6.45) is 3.08. The Morgan fingerprint density at radius 1 is 1.17 bits per heavy atom. The molecule has 1 aliphatic heterocycles. The lowest BCUT2D eigenvalue weighted by molar-refractivity contribution is 0.0707. The van der Waals surface area contributed by atoms with Gasteiger partial charge in [-0.3, -0.25) is 4.79 Å². The van der Waals surface area contributed by atoms with Crippen molar-refractivity contribution < 1.29 is 18.1 Å². The number of amides is 1. The van der Waals surface area contributed by atoms with E-state index in [2.05, 4.69) is 15.1 Å². The molecule has 4 rings (SSSR count). The second kappa shape index (κ2) is 7.69. The quantitative estimate of drug-likeness (QED) is 0.666. The normalized spacial score (nSPS) is 15.0. The number of halogens is 2. The average molecular weight is 398 g/mol. The summed E-state index contributed by atoms with van der Waals surface area (Å²) in [7, 11) is 0. The summed E-state index contributed by atoms with van der Waals surface area (Å²) in [4.78, 5) is 23.1. The average Bonchev–Trinajstić information content (AvgIpc) is 3.14. The minimum atomic E-state index is -0.841.